The quantitative estimate of drug-likeness (QED) is 0.192. The molecule has 1 aliphatic heterocycles. The van der Waals surface area contributed by atoms with Gasteiger partial charge in [0, 0.05) is 45.9 Å². The van der Waals surface area contributed by atoms with Crippen LogP contribution in [0.4, 0.5) is 10.5 Å². The van der Waals surface area contributed by atoms with Crippen LogP contribution in [-0.4, -0.2) is 52.0 Å². The number of hydrogen-bond donors (Lipinski definition) is 1. The number of aromatic nitrogens is 1. The molecule has 1 aliphatic rings. The number of benzene rings is 2. The molecule has 0 bridgehead atoms. The summed E-state index contributed by atoms with van der Waals surface area (Å²) in [6.07, 6.45) is 1.22. The lowest BCUT2D eigenvalue weighted by atomic mass is 9.91. The maximum atomic E-state index is 14.0. The van der Waals surface area contributed by atoms with Crippen LogP contribution in [0.3, 0.4) is 0 Å². The van der Waals surface area contributed by atoms with Crippen LogP contribution in [0.15, 0.2) is 71.6 Å². The molecule has 8 nitrogen and oxygen atoms in total. The van der Waals surface area contributed by atoms with E-state index >= 15 is 0 Å². The topological polar surface area (TPSA) is 91.8 Å². The third-order valence-corrected chi connectivity index (χ3v) is 8.92. The Morgan fingerprint density at radius 3 is 2.35 bits per heavy atom. The van der Waals surface area contributed by atoms with Crippen LogP contribution in [-0.2, 0) is 10.2 Å². The lowest BCUT2D eigenvalue weighted by molar-refractivity contribution is 0.0130. The van der Waals surface area contributed by atoms with Crippen molar-refractivity contribution in [3.63, 3.8) is 0 Å². The minimum absolute atomic E-state index is 0.146. The molecule has 2 aromatic carbocycles. The number of carbonyl (C=O) groups excluding carboxylic acids is 3. The van der Waals surface area contributed by atoms with E-state index in [4.69, 9.17) is 16.3 Å². The van der Waals surface area contributed by atoms with Crippen molar-refractivity contribution in [1.82, 2.24) is 14.6 Å². The van der Waals surface area contributed by atoms with Crippen molar-refractivity contribution in [3.8, 4) is 0 Å². The number of nitrogens with zero attached hydrogens (tertiary/aromatic N) is 3. The Morgan fingerprint density at radius 1 is 1.02 bits per heavy atom. The smallest absolute Gasteiger partial charge is 0.410 e. The number of pyridine rings is 1. The average molecular weight is 665 g/mol. The fraction of sp³-hybridized carbons (Fsp3) is 0.444. The second kappa shape index (κ2) is 14.1. The Labute approximate surface area is 282 Å². The monoisotopic (exact) mass is 664 g/mol. The molecule has 0 spiro atoms. The zero-order valence-corrected chi connectivity index (χ0v) is 29.6. The summed E-state index contributed by atoms with van der Waals surface area (Å²) in [7, 11) is 0. The Balaban J connectivity index is 1.45. The van der Waals surface area contributed by atoms with Gasteiger partial charge >= 0.3 is 6.09 Å². The number of ether oxygens (including phenoxy) is 1. The minimum Gasteiger partial charge on any atom is -0.444 e. The van der Waals surface area contributed by atoms with E-state index < -0.39 is 5.60 Å². The SMILES string of the molecule is CC(C)(C)OC(=O)N1CC(CCN(C(=O)c2cccc(SNC(=O)c3ccc(C(C)(C)C)nc3Cl)c2)c2ccccc2)CC1(C)C. The second-order valence-electron chi connectivity index (χ2n) is 14.4. The Bertz CT molecular complexity index is 1570. The Hall–Kier alpha value is -3.56. The van der Waals surface area contributed by atoms with Crippen molar-refractivity contribution in [1.29, 1.82) is 0 Å². The number of halogens is 1. The molecule has 3 aromatic rings. The van der Waals surface area contributed by atoms with Gasteiger partial charge in [-0.05, 0) is 108 Å². The molecule has 1 N–H and O–H groups in total. The van der Waals surface area contributed by atoms with Gasteiger partial charge < -0.3 is 14.5 Å². The fourth-order valence-electron chi connectivity index (χ4n) is 5.52. The van der Waals surface area contributed by atoms with Gasteiger partial charge in [-0.2, -0.15) is 0 Å². The van der Waals surface area contributed by atoms with Crippen molar-refractivity contribution in [2.24, 2.45) is 5.92 Å². The highest BCUT2D eigenvalue weighted by Gasteiger charge is 2.43. The van der Waals surface area contributed by atoms with E-state index in [1.807, 2.05) is 88.9 Å². The molecular weight excluding hydrogens is 620 g/mol. The number of anilines is 1. The number of nitrogens with one attached hydrogen (secondary N) is 1. The van der Waals surface area contributed by atoms with Crippen LogP contribution < -0.4 is 9.62 Å². The van der Waals surface area contributed by atoms with Gasteiger partial charge in [0.2, 0.25) is 0 Å². The van der Waals surface area contributed by atoms with Crippen molar-refractivity contribution in [2.75, 3.05) is 18.0 Å². The molecule has 0 aliphatic carbocycles. The van der Waals surface area contributed by atoms with Crippen LogP contribution in [0.1, 0.15) is 94.6 Å². The molecule has 0 saturated carbocycles. The molecule has 1 aromatic heterocycles. The molecule has 0 radical (unpaired) electrons. The number of para-hydroxylation sites is 1. The number of rotatable bonds is 8. The van der Waals surface area contributed by atoms with E-state index in [1.165, 1.54) is 0 Å². The van der Waals surface area contributed by atoms with E-state index in [2.05, 4.69) is 23.6 Å². The molecule has 246 valence electrons. The van der Waals surface area contributed by atoms with Gasteiger partial charge in [0.1, 0.15) is 10.8 Å². The third-order valence-electron chi connectivity index (χ3n) is 7.85. The summed E-state index contributed by atoms with van der Waals surface area (Å²) in [6.45, 7) is 16.9. The molecule has 3 amide bonds. The van der Waals surface area contributed by atoms with Gasteiger partial charge in [-0.15, -0.1) is 0 Å². The van der Waals surface area contributed by atoms with Crippen molar-refractivity contribution in [2.45, 2.75) is 89.7 Å². The molecule has 10 heteroatoms. The van der Waals surface area contributed by atoms with Crippen LogP contribution >= 0.6 is 23.5 Å². The van der Waals surface area contributed by atoms with Crippen LogP contribution in [0.5, 0.6) is 0 Å². The zero-order valence-electron chi connectivity index (χ0n) is 28.0. The summed E-state index contributed by atoms with van der Waals surface area (Å²) < 4.78 is 8.50. The number of likely N-dealkylation sites (tertiary alicyclic amines) is 1. The first kappa shape index (κ1) is 35.3. The first-order valence-corrected chi connectivity index (χ1v) is 16.8. The molecule has 2 heterocycles. The van der Waals surface area contributed by atoms with Gasteiger partial charge in [-0.1, -0.05) is 56.6 Å². The van der Waals surface area contributed by atoms with Gasteiger partial charge in [0.25, 0.3) is 11.8 Å². The largest absolute Gasteiger partial charge is 0.444 e. The molecular formula is C36H45ClN4O4S. The third kappa shape index (κ3) is 9.04. The predicted molar refractivity (Wildman–Crippen MR) is 186 cm³/mol. The van der Waals surface area contributed by atoms with Crippen molar-refractivity contribution >= 4 is 47.1 Å². The molecule has 46 heavy (non-hydrogen) atoms. The predicted octanol–water partition coefficient (Wildman–Crippen LogP) is 8.54. The molecule has 1 saturated heterocycles. The van der Waals surface area contributed by atoms with Crippen molar-refractivity contribution in [3.05, 3.63) is 88.7 Å². The molecule has 1 unspecified atom stereocenters. The summed E-state index contributed by atoms with van der Waals surface area (Å²) in [4.78, 5) is 48.6. The first-order chi connectivity index (χ1) is 21.4. The van der Waals surface area contributed by atoms with Gasteiger partial charge in [0.15, 0.2) is 0 Å². The lowest BCUT2D eigenvalue weighted by Gasteiger charge is -2.33. The Kier molecular flexibility index (Phi) is 10.8. The van der Waals surface area contributed by atoms with E-state index in [-0.39, 0.29) is 45.5 Å². The number of amides is 3. The lowest BCUT2D eigenvalue weighted by Crippen LogP contribution is -2.45. The summed E-state index contributed by atoms with van der Waals surface area (Å²) >= 11 is 7.47. The normalized spacial score (nSPS) is 16.2. The molecule has 1 atom stereocenters. The van der Waals surface area contributed by atoms with Crippen LogP contribution in [0.2, 0.25) is 5.15 Å². The van der Waals surface area contributed by atoms with Crippen LogP contribution in [0, 0.1) is 5.92 Å². The Morgan fingerprint density at radius 2 is 1.72 bits per heavy atom. The summed E-state index contributed by atoms with van der Waals surface area (Å²) in [6, 6.07) is 20.3. The molecule has 4 rings (SSSR count). The highest BCUT2D eigenvalue weighted by molar-refractivity contribution is 7.98. The highest BCUT2D eigenvalue weighted by atomic mass is 35.5. The number of hydrogen-bond acceptors (Lipinski definition) is 6. The van der Waals surface area contributed by atoms with E-state index in [9.17, 15) is 14.4 Å². The minimum atomic E-state index is -0.570. The van der Waals surface area contributed by atoms with E-state index in [0.717, 1.165) is 36.2 Å². The standard InChI is InChI=1S/C36H45ClN4O4S/c1-34(2,3)29-18-17-28(30(37)38-29)31(42)39-46-27-16-12-13-25(21-27)32(43)40(26-14-10-9-11-15-26)20-19-24-22-36(7,8)41(23-24)33(44)45-35(4,5)6/h9-18,21,24H,19-20,22-23H2,1-8H3,(H,39,42). The van der Waals surface area contributed by atoms with E-state index in [1.54, 1.807) is 29.2 Å². The molecule has 1 fully saturated rings. The fourth-order valence-corrected chi connectivity index (χ4v) is 6.41. The van der Waals surface area contributed by atoms with Gasteiger partial charge in [-0.3, -0.25) is 14.3 Å². The maximum absolute atomic E-state index is 14.0. The zero-order chi connectivity index (χ0) is 33.9. The summed E-state index contributed by atoms with van der Waals surface area (Å²) in [5.74, 6) is -0.311. The number of carbonyl (C=O) groups is 3. The average Bonchev–Trinajstić information content (AvgIpc) is 3.29. The highest BCUT2D eigenvalue weighted by Crippen LogP contribution is 2.36. The van der Waals surface area contributed by atoms with Gasteiger partial charge in [0.05, 0.1) is 5.56 Å². The maximum Gasteiger partial charge on any atom is 0.410 e. The van der Waals surface area contributed by atoms with E-state index in [0.29, 0.717) is 23.5 Å². The second-order valence-corrected chi connectivity index (χ2v) is 15.6. The van der Waals surface area contributed by atoms with Gasteiger partial charge in [-0.25, -0.2) is 9.78 Å². The summed E-state index contributed by atoms with van der Waals surface area (Å²) in [5.41, 5.74) is 1.26. The van der Waals surface area contributed by atoms with Crippen LogP contribution in [0.25, 0.3) is 0 Å². The first-order valence-electron chi connectivity index (χ1n) is 15.6. The summed E-state index contributed by atoms with van der Waals surface area (Å²) in [5, 5.41) is 0.146. The van der Waals surface area contributed by atoms with Crippen molar-refractivity contribution < 1.29 is 19.1 Å².